The van der Waals surface area contributed by atoms with E-state index in [-0.39, 0.29) is 22.4 Å². The van der Waals surface area contributed by atoms with Crippen LogP contribution in [0.5, 0.6) is 11.5 Å². The topological polar surface area (TPSA) is 52.6 Å². The number of rotatable bonds is 6. The predicted octanol–water partition coefficient (Wildman–Crippen LogP) is 3.21. The van der Waals surface area contributed by atoms with Crippen molar-refractivity contribution in [1.82, 2.24) is 0 Å². The second-order valence-corrected chi connectivity index (χ2v) is 10.5. The van der Waals surface area contributed by atoms with Crippen LogP contribution < -0.4 is 16.5 Å². The Morgan fingerprint density at radius 3 is 1.62 bits per heavy atom. The molecule has 0 aromatic heterocycles. The molecule has 0 aliphatic carbocycles. The summed E-state index contributed by atoms with van der Waals surface area (Å²) in [6.07, 6.45) is 1.54. The Morgan fingerprint density at radius 1 is 0.833 bits per heavy atom. The van der Waals surface area contributed by atoms with Crippen molar-refractivity contribution in [3.63, 3.8) is 0 Å². The average Bonchev–Trinajstić information content (AvgIpc) is 2.84. The van der Waals surface area contributed by atoms with E-state index in [0.717, 1.165) is 24.0 Å². The molecule has 0 bridgehead atoms. The normalized spacial score (nSPS) is 10.5. The summed E-state index contributed by atoms with van der Waals surface area (Å²) < 4.78 is 11.2. The molecule has 0 aliphatic heterocycles. The summed E-state index contributed by atoms with van der Waals surface area (Å²) in [6, 6.07) is 13.3. The van der Waals surface area contributed by atoms with E-state index in [1.54, 1.807) is 24.3 Å². The first-order valence-electron chi connectivity index (χ1n) is 7.61. The van der Waals surface area contributed by atoms with Crippen molar-refractivity contribution in [3.05, 3.63) is 80.1 Å². The summed E-state index contributed by atoms with van der Waals surface area (Å²) in [6.45, 7) is 3.97. The third-order valence-electron chi connectivity index (χ3n) is 3.39. The van der Waals surface area contributed by atoms with E-state index in [0.29, 0.717) is 0 Å². The van der Waals surface area contributed by atoms with Crippen molar-refractivity contribution in [3.8, 4) is 11.5 Å². The third-order valence-corrected chi connectivity index (χ3v) is 7.25. The Labute approximate surface area is 153 Å². The van der Waals surface area contributed by atoms with E-state index >= 15 is 0 Å². The quantitative estimate of drug-likeness (QED) is 0.526. The van der Waals surface area contributed by atoms with E-state index in [1.807, 2.05) is 26.0 Å². The third kappa shape index (κ3) is 5.29. The summed E-state index contributed by atoms with van der Waals surface area (Å²) >= 11 is -3.46. The minimum atomic E-state index is -3.46. The second kappa shape index (κ2) is 9.14. The van der Waals surface area contributed by atoms with Crippen molar-refractivity contribution < 1.29 is 5.63 Å². The molecule has 0 atom stereocenters. The first-order valence-corrected chi connectivity index (χ1v) is 14.7. The fraction of sp³-hybridized carbons (Fsp3) is 0.222. The van der Waals surface area contributed by atoms with Gasteiger partial charge in [-0.2, -0.15) is 0 Å². The molecule has 0 fully saturated rings. The first kappa shape index (κ1) is 18.9. The van der Waals surface area contributed by atoms with Crippen LogP contribution in [-0.4, -0.2) is 21.4 Å². The Balaban J connectivity index is 2.25. The molecule has 0 heterocycles. The van der Waals surface area contributed by atoms with Gasteiger partial charge in [0.1, 0.15) is 0 Å². The van der Waals surface area contributed by atoms with Crippen molar-refractivity contribution in [2.24, 2.45) is 0 Å². The van der Waals surface area contributed by atoms with Crippen LogP contribution in [0.3, 0.4) is 0 Å². The number of aryl methyl sites for hydroxylation is 2. The maximum absolute atomic E-state index is 12.0. The second-order valence-electron chi connectivity index (χ2n) is 5.05. The number of hydrogen-bond donors (Lipinski definition) is 0. The van der Waals surface area contributed by atoms with Crippen LogP contribution in [0.2, 0.25) is 0 Å². The van der Waals surface area contributed by atoms with Gasteiger partial charge in [-0.05, 0) is 0 Å². The van der Waals surface area contributed by atoms with Crippen molar-refractivity contribution >= 4 is 30.0 Å². The molecule has 0 spiro atoms. The van der Waals surface area contributed by atoms with Gasteiger partial charge in [-0.3, -0.25) is 0 Å². The molecule has 0 N–H and O–H groups in total. The zero-order valence-corrected chi connectivity index (χ0v) is 17.7. The molecule has 2 rings (SSSR count). The molecule has 126 valence electrons. The van der Waals surface area contributed by atoms with Gasteiger partial charge in [0, 0.05) is 0 Å². The molecule has 0 saturated heterocycles. The van der Waals surface area contributed by atoms with Crippen LogP contribution in [-0.2, 0) is 12.8 Å². The minimum absolute atomic E-state index is 0.174. The maximum atomic E-state index is 12.0. The van der Waals surface area contributed by atoms with Crippen LogP contribution >= 0.6 is 8.51 Å². The summed E-state index contributed by atoms with van der Waals surface area (Å²) in [5.41, 5.74) is 1.42. The zero-order chi connectivity index (χ0) is 17.5. The van der Waals surface area contributed by atoms with E-state index in [4.69, 9.17) is 14.1 Å². The van der Waals surface area contributed by atoms with Crippen LogP contribution in [0.25, 0.3) is 0 Å². The van der Waals surface area contributed by atoms with Gasteiger partial charge < -0.3 is 0 Å². The van der Waals surface area contributed by atoms with E-state index in [1.165, 1.54) is 12.1 Å². The number of halogens is 1. The van der Waals surface area contributed by atoms with Gasteiger partial charge in [0.2, 0.25) is 0 Å². The SMILES string of the molecule is CCc1cccc(=O)c([O][Bi]([Cl])[O]c2cc(CC)cccc2=O)c1. The van der Waals surface area contributed by atoms with Crippen molar-refractivity contribution in [2.75, 3.05) is 0 Å². The molecule has 0 amide bonds. The van der Waals surface area contributed by atoms with Crippen molar-refractivity contribution in [1.29, 1.82) is 0 Å². The van der Waals surface area contributed by atoms with Crippen LogP contribution in [0.1, 0.15) is 25.0 Å². The molecule has 6 heteroatoms. The molecule has 24 heavy (non-hydrogen) atoms. The van der Waals surface area contributed by atoms with Gasteiger partial charge >= 0.3 is 154 Å². The Morgan fingerprint density at radius 2 is 1.25 bits per heavy atom. The molecule has 0 unspecified atom stereocenters. The molecule has 2 aromatic rings. The fourth-order valence-corrected chi connectivity index (χ4v) is 5.77. The molecular weight excluding hydrogens is 525 g/mol. The summed E-state index contributed by atoms with van der Waals surface area (Å²) in [5, 5.41) is 0. The van der Waals surface area contributed by atoms with Crippen LogP contribution in [0, 0.1) is 0 Å². The summed E-state index contributed by atoms with van der Waals surface area (Å²) in [7, 11) is 6.25. The fourth-order valence-electron chi connectivity index (χ4n) is 2.01. The van der Waals surface area contributed by atoms with E-state index < -0.39 is 21.4 Å². The summed E-state index contributed by atoms with van der Waals surface area (Å²) in [4.78, 5) is 24.0. The van der Waals surface area contributed by atoms with E-state index in [9.17, 15) is 9.59 Å². The first-order chi connectivity index (χ1) is 11.5. The van der Waals surface area contributed by atoms with Gasteiger partial charge in [0.05, 0.1) is 0 Å². The summed E-state index contributed by atoms with van der Waals surface area (Å²) in [5.74, 6) is 0.348. The Kier molecular flexibility index (Phi) is 7.20. The van der Waals surface area contributed by atoms with Gasteiger partial charge in [-0.15, -0.1) is 0 Å². The Bertz CT molecular complexity index is 757. The zero-order valence-electron chi connectivity index (χ0n) is 13.5. The van der Waals surface area contributed by atoms with Crippen LogP contribution in [0.15, 0.2) is 58.1 Å². The van der Waals surface area contributed by atoms with Gasteiger partial charge in [-0.1, -0.05) is 0 Å². The monoisotopic (exact) mass is 542 g/mol. The predicted molar refractivity (Wildman–Crippen MR) is 97.0 cm³/mol. The Hall–Kier alpha value is -1.45. The van der Waals surface area contributed by atoms with Gasteiger partial charge in [-0.25, -0.2) is 0 Å². The average molecular weight is 543 g/mol. The van der Waals surface area contributed by atoms with E-state index in [2.05, 4.69) is 0 Å². The standard InChI is InChI=1S/2C9H10O2.Bi.ClH/c2*1-2-7-4-3-5-8(10)9(11)6-7;;/h2*3-6H,2H2,1H3,(H,10,11);;1H/q;;+3;/p-3. The molecule has 2 aromatic carbocycles. The molecule has 4 nitrogen and oxygen atoms in total. The molecule has 0 radical (unpaired) electrons. The molecule has 0 saturated carbocycles. The molecular formula is C18H18BiClO4. The molecule has 0 aliphatic rings. The van der Waals surface area contributed by atoms with Gasteiger partial charge in [0.25, 0.3) is 0 Å². The number of hydrogen-bond acceptors (Lipinski definition) is 4. The van der Waals surface area contributed by atoms with Crippen molar-refractivity contribution in [2.45, 2.75) is 26.7 Å². The van der Waals surface area contributed by atoms with Crippen LogP contribution in [0.4, 0.5) is 0 Å². The van der Waals surface area contributed by atoms with Gasteiger partial charge in [0.15, 0.2) is 0 Å².